The van der Waals surface area contributed by atoms with Crippen LogP contribution >= 0.6 is 34.8 Å². The smallest absolute Gasteiger partial charge is 0.246 e. The summed E-state index contributed by atoms with van der Waals surface area (Å²) in [7, 11) is -3.95. The van der Waals surface area contributed by atoms with E-state index in [9.17, 15) is 13.2 Å². The Bertz CT molecular complexity index is 1290. The number of sulfonamides is 1. The van der Waals surface area contributed by atoms with Gasteiger partial charge in [0.15, 0.2) is 0 Å². The highest BCUT2D eigenvalue weighted by atomic mass is 35.5. The summed E-state index contributed by atoms with van der Waals surface area (Å²) in [5.41, 5.74) is 1.53. The number of rotatable bonds is 10. The van der Waals surface area contributed by atoms with Crippen molar-refractivity contribution in [3.05, 3.63) is 63.1 Å². The van der Waals surface area contributed by atoms with Crippen molar-refractivity contribution < 1.29 is 17.9 Å². The fourth-order valence-corrected chi connectivity index (χ4v) is 9.99. The third kappa shape index (κ3) is 7.23. The van der Waals surface area contributed by atoms with Crippen LogP contribution in [0.25, 0.3) is 0 Å². The summed E-state index contributed by atoms with van der Waals surface area (Å²) in [5.74, 6) is -0.164. The highest BCUT2D eigenvalue weighted by Crippen LogP contribution is 2.39. The number of benzene rings is 2. The molecular weight excluding hydrogens is 605 g/mol. The lowest BCUT2D eigenvalue weighted by atomic mass is 9.74. The lowest BCUT2D eigenvalue weighted by molar-refractivity contribution is -0.127. The fourth-order valence-electron chi connectivity index (χ4n) is 6.81. The van der Waals surface area contributed by atoms with Crippen molar-refractivity contribution in [1.82, 2.24) is 14.5 Å². The molecule has 7 nitrogen and oxygen atoms in total. The molecule has 2 aromatic rings. The number of nitrogens with one attached hydrogen (secondary N) is 1. The molecule has 3 fully saturated rings. The van der Waals surface area contributed by atoms with E-state index in [1.807, 2.05) is 0 Å². The Kier molecular flexibility index (Phi) is 10.2. The number of hydrogen-bond acceptors (Lipinski definition) is 5. The minimum Gasteiger partial charge on any atom is -0.370 e. The Hall–Kier alpha value is -1.39. The first-order valence-electron chi connectivity index (χ1n) is 14.5. The van der Waals surface area contributed by atoms with Crippen LogP contribution in [0.1, 0.15) is 56.9 Å². The second-order valence-corrected chi connectivity index (χ2v) is 14.6. The van der Waals surface area contributed by atoms with Crippen LogP contribution in [0.15, 0.2) is 47.4 Å². The van der Waals surface area contributed by atoms with Gasteiger partial charge < -0.3 is 10.1 Å². The third-order valence-electron chi connectivity index (χ3n) is 8.83. The van der Waals surface area contributed by atoms with Crippen molar-refractivity contribution in [1.29, 1.82) is 0 Å². The first-order chi connectivity index (χ1) is 19.7. The SMILES string of the molecule is O=C(COCC1CCCN1S(=O)(=O)c1c(Cl)cc(Cl)cc1Cl)NC1CCC(Cc2ccccc2)(N2CCCC2)CC1. The zero-order valence-corrected chi connectivity index (χ0v) is 26.2. The molecule has 2 saturated heterocycles. The largest absolute Gasteiger partial charge is 0.370 e. The molecular formula is C30H38Cl3N3O4S. The first-order valence-corrected chi connectivity index (χ1v) is 17.1. The van der Waals surface area contributed by atoms with Crippen molar-refractivity contribution in [2.24, 2.45) is 0 Å². The van der Waals surface area contributed by atoms with Crippen LogP contribution in [0.5, 0.6) is 0 Å². The zero-order chi connectivity index (χ0) is 29.0. The fraction of sp³-hybridized carbons (Fsp3) is 0.567. The Morgan fingerprint density at radius 3 is 2.27 bits per heavy atom. The minimum atomic E-state index is -3.95. The van der Waals surface area contributed by atoms with E-state index in [1.54, 1.807) is 0 Å². The zero-order valence-electron chi connectivity index (χ0n) is 23.2. The van der Waals surface area contributed by atoms with Crippen molar-refractivity contribution in [2.75, 3.05) is 32.8 Å². The van der Waals surface area contributed by atoms with E-state index in [0.717, 1.165) is 45.2 Å². The predicted octanol–water partition coefficient (Wildman–Crippen LogP) is 5.95. The van der Waals surface area contributed by atoms with Gasteiger partial charge in [-0.05, 0) is 88.6 Å². The molecule has 1 aliphatic carbocycles. The van der Waals surface area contributed by atoms with E-state index in [2.05, 4.69) is 40.5 Å². The predicted molar refractivity (Wildman–Crippen MR) is 163 cm³/mol. The van der Waals surface area contributed by atoms with Crippen LogP contribution in [0.2, 0.25) is 15.1 Å². The molecule has 41 heavy (non-hydrogen) atoms. The van der Waals surface area contributed by atoms with E-state index in [-0.39, 0.29) is 50.7 Å². The van der Waals surface area contributed by atoms with E-state index in [0.29, 0.717) is 19.4 Å². The molecule has 2 heterocycles. The Labute approximate surface area is 258 Å². The highest BCUT2D eigenvalue weighted by Gasteiger charge is 2.42. The molecule has 2 aliphatic heterocycles. The number of nitrogens with zero attached hydrogens (tertiary/aromatic N) is 2. The number of carbonyl (C=O) groups excluding carboxylic acids is 1. The van der Waals surface area contributed by atoms with Crippen LogP contribution < -0.4 is 5.32 Å². The third-order valence-corrected chi connectivity index (χ3v) is 11.9. The standard InChI is InChI=1S/C30H38Cl3N3O4S/c31-23-17-26(32)29(27(33)18-23)41(38,39)36-16-6-9-25(36)20-40-21-28(37)34-24-10-12-30(13-11-24,35-14-4-5-15-35)19-22-7-2-1-3-8-22/h1-3,7-8,17-18,24-25H,4-6,9-16,19-21H2,(H,34,37). The van der Waals surface area contributed by atoms with Crippen molar-refractivity contribution in [3.63, 3.8) is 0 Å². The summed E-state index contributed by atoms with van der Waals surface area (Å²) in [4.78, 5) is 15.3. The molecule has 1 amide bonds. The van der Waals surface area contributed by atoms with Crippen LogP contribution in [0.3, 0.4) is 0 Å². The monoisotopic (exact) mass is 641 g/mol. The molecule has 1 saturated carbocycles. The summed E-state index contributed by atoms with van der Waals surface area (Å²) in [6, 6.07) is 13.2. The van der Waals surface area contributed by atoms with Crippen LogP contribution in [0, 0.1) is 0 Å². The average molecular weight is 643 g/mol. The minimum absolute atomic E-state index is 0.0153. The van der Waals surface area contributed by atoms with E-state index >= 15 is 0 Å². The molecule has 5 rings (SSSR count). The van der Waals surface area contributed by atoms with Crippen LogP contribution in [-0.2, 0) is 26.0 Å². The molecule has 1 unspecified atom stereocenters. The highest BCUT2D eigenvalue weighted by molar-refractivity contribution is 7.89. The molecule has 224 valence electrons. The molecule has 1 atom stereocenters. The number of likely N-dealkylation sites (tertiary alicyclic amines) is 1. The normalized spacial score (nSPS) is 25.9. The molecule has 0 aromatic heterocycles. The quantitative estimate of drug-likeness (QED) is 0.347. The van der Waals surface area contributed by atoms with Crippen LogP contribution in [-0.4, -0.2) is 74.0 Å². The van der Waals surface area contributed by atoms with Crippen molar-refractivity contribution in [3.8, 4) is 0 Å². The number of ether oxygens (including phenoxy) is 1. The maximum absolute atomic E-state index is 13.4. The topological polar surface area (TPSA) is 78.9 Å². The second kappa shape index (κ2) is 13.5. The van der Waals surface area contributed by atoms with Crippen LogP contribution in [0.4, 0.5) is 0 Å². The average Bonchev–Trinajstić information content (AvgIpc) is 3.63. The molecule has 1 N–H and O–H groups in total. The lowest BCUT2D eigenvalue weighted by Gasteiger charge is -2.47. The molecule has 3 aliphatic rings. The molecule has 0 spiro atoms. The first kappa shape index (κ1) is 31.0. The summed E-state index contributed by atoms with van der Waals surface area (Å²) in [6.45, 7) is 2.66. The summed E-state index contributed by atoms with van der Waals surface area (Å²) >= 11 is 18.4. The van der Waals surface area contributed by atoms with Crippen molar-refractivity contribution in [2.45, 2.75) is 80.3 Å². The van der Waals surface area contributed by atoms with E-state index in [4.69, 9.17) is 39.5 Å². The van der Waals surface area contributed by atoms with E-state index < -0.39 is 16.1 Å². The molecule has 0 bridgehead atoms. The van der Waals surface area contributed by atoms with Gasteiger partial charge in [-0.1, -0.05) is 65.1 Å². The van der Waals surface area contributed by atoms with Gasteiger partial charge in [-0.2, -0.15) is 4.31 Å². The molecule has 11 heteroatoms. The van der Waals surface area contributed by atoms with Gasteiger partial charge in [0.05, 0.1) is 16.7 Å². The number of hydrogen-bond donors (Lipinski definition) is 1. The number of carbonyl (C=O) groups is 1. The maximum Gasteiger partial charge on any atom is 0.246 e. The van der Waals surface area contributed by atoms with Gasteiger partial charge in [-0.15, -0.1) is 0 Å². The molecule has 0 radical (unpaired) electrons. The Balaban J connectivity index is 1.12. The number of halogens is 3. The summed E-state index contributed by atoms with van der Waals surface area (Å²) < 4.78 is 33.9. The van der Waals surface area contributed by atoms with Gasteiger partial charge in [0.2, 0.25) is 15.9 Å². The van der Waals surface area contributed by atoms with Gasteiger partial charge in [-0.25, -0.2) is 8.42 Å². The summed E-state index contributed by atoms with van der Waals surface area (Å²) in [6.07, 6.45) is 8.86. The Morgan fingerprint density at radius 1 is 0.951 bits per heavy atom. The van der Waals surface area contributed by atoms with Gasteiger partial charge in [-0.3, -0.25) is 9.69 Å². The van der Waals surface area contributed by atoms with Gasteiger partial charge in [0.25, 0.3) is 0 Å². The Morgan fingerprint density at radius 2 is 1.61 bits per heavy atom. The van der Waals surface area contributed by atoms with E-state index in [1.165, 1.54) is 34.8 Å². The number of amides is 1. The van der Waals surface area contributed by atoms with Gasteiger partial charge in [0.1, 0.15) is 11.5 Å². The maximum atomic E-state index is 13.4. The van der Waals surface area contributed by atoms with Gasteiger partial charge in [0, 0.05) is 29.2 Å². The molecule has 2 aromatic carbocycles. The lowest BCUT2D eigenvalue weighted by Crippen LogP contribution is -2.54. The van der Waals surface area contributed by atoms with Gasteiger partial charge >= 0.3 is 0 Å². The second-order valence-electron chi connectivity index (χ2n) is 11.5. The summed E-state index contributed by atoms with van der Waals surface area (Å²) in [5, 5.41) is 3.40. The van der Waals surface area contributed by atoms with Crippen molar-refractivity contribution >= 4 is 50.7 Å².